The fourth-order valence-corrected chi connectivity index (χ4v) is 2.51. The molecule has 2 rings (SSSR count). The van der Waals surface area contributed by atoms with Gasteiger partial charge in [0.25, 0.3) is 0 Å². The van der Waals surface area contributed by atoms with Crippen molar-refractivity contribution >= 4 is 23.2 Å². The van der Waals surface area contributed by atoms with Crippen molar-refractivity contribution in [3.8, 4) is 0 Å². The van der Waals surface area contributed by atoms with Crippen LogP contribution in [0.5, 0.6) is 0 Å². The van der Waals surface area contributed by atoms with E-state index >= 15 is 0 Å². The van der Waals surface area contributed by atoms with E-state index < -0.39 is 0 Å². The van der Waals surface area contributed by atoms with Gasteiger partial charge in [-0.05, 0) is 24.3 Å². The second-order valence-corrected chi connectivity index (χ2v) is 5.55. The van der Waals surface area contributed by atoms with E-state index in [1.807, 2.05) is 17.5 Å². The van der Waals surface area contributed by atoms with Crippen LogP contribution in [0.3, 0.4) is 0 Å². The number of rotatable bonds is 7. The van der Waals surface area contributed by atoms with Crippen LogP contribution in [0.25, 0.3) is 0 Å². The summed E-state index contributed by atoms with van der Waals surface area (Å²) in [6, 6.07) is 4.00. The zero-order valence-corrected chi connectivity index (χ0v) is 11.7. The van der Waals surface area contributed by atoms with E-state index in [2.05, 4.69) is 15.4 Å². The zero-order chi connectivity index (χ0) is 13.7. The van der Waals surface area contributed by atoms with Crippen LogP contribution in [-0.4, -0.2) is 31.6 Å². The molecule has 1 atom stereocenters. The van der Waals surface area contributed by atoms with Crippen LogP contribution in [0.2, 0.25) is 0 Å². The number of esters is 1. The molecule has 0 bridgehead atoms. The standard InChI is InChI=1S/C13H18N2O3S/c1-18-13(17)7-10(11-3-2-6-19-11)15-12(16)8-14-9-4-5-9/h2-3,6,9-10,14H,4-5,7-8H2,1H3,(H,15,16). The molecule has 1 aromatic heterocycles. The normalized spacial score (nSPS) is 15.8. The Hall–Kier alpha value is -1.40. The summed E-state index contributed by atoms with van der Waals surface area (Å²) in [6.07, 6.45) is 2.44. The Morgan fingerprint density at radius 2 is 2.32 bits per heavy atom. The molecule has 19 heavy (non-hydrogen) atoms. The minimum absolute atomic E-state index is 0.0887. The Kier molecular flexibility index (Phi) is 4.93. The molecule has 104 valence electrons. The highest BCUT2D eigenvalue weighted by Crippen LogP contribution is 2.22. The van der Waals surface area contributed by atoms with Gasteiger partial charge < -0.3 is 15.4 Å². The minimum atomic E-state index is -0.325. The molecule has 6 heteroatoms. The van der Waals surface area contributed by atoms with Gasteiger partial charge in [-0.25, -0.2) is 0 Å². The molecule has 0 aliphatic heterocycles. The number of ether oxygens (including phenoxy) is 1. The predicted molar refractivity (Wildman–Crippen MR) is 72.9 cm³/mol. The largest absolute Gasteiger partial charge is 0.469 e. The molecule has 0 spiro atoms. The van der Waals surface area contributed by atoms with Crippen molar-refractivity contribution in [1.29, 1.82) is 0 Å². The molecule has 0 radical (unpaired) electrons. The second-order valence-electron chi connectivity index (χ2n) is 4.57. The Morgan fingerprint density at radius 1 is 1.53 bits per heavy atom. The third kappa shape index (κ3) is 4.65. The molecule has 2 N–H and O–H groups in total. The Bertz CT molecular complexity index is 429. The lowest BCUT2D eigenvalue weighted by Crippen LogP contribution is -2.37. The Balaban J connectivity index is 1.88. The van der Waals surface area contributed by atoms with Crippen molar-refractivity contribution in [3.63, 3.8) is 0 Å². The predicted octanol–water partition coefficient (Wildman–Crippen LogP) is 1.22. The van der Waals surface area contributed by atoms with Crippen molar-refractivity contribution in [3.05, 3.63) is 22.4 Å². The molecule has 1 heterocycles. The molecule has 1 amide bonds. The third-order valence-corrected chi connectivity index (χ3v) is 3.93. The monoisotopic (exact) mass is 282 g/mol. The van der Waals surface area contributed by atoms with E-state index in [0.717, 1.165) is 17.7 Å². The first-order chi connectivity index (χ1) is 9.19. The number of thiophene rings is 1. The highest BCUT2D eigenvalue weighted by atomic mass is 32.1. The van der Waals surface area contributed by atoms with Crippen LogP contribution in [0.4, 0.5) is 0 Å². The summed E-state index contributed by atoms with van der Waals surface area (Å²) in [5.41, 5.74) is 0. The molecular formula is C13H18N2O3S. The van der Waals surface area contributed by atoms with Crippen LogP contribution in [0.15, 0.2) is 17.5 Å². The van der Waals surface area contributed by atoms with Gasteiger partial charge in [0.05, 0.1) is 26.1 Å². The van der Waals surface area contributed by atoms with Crippen molar-refractivity contribution in [2.75, 3.05) is 13.7 Å². The SMILES string of the molecule is COC(=O)CC(NC(=O)CNC1CC1)c1cccs1. The molecule has 1 saturated carbocycles. The molecule has 1 unspecified atom stereocenters. The van der Waals surface area contributed by atoms with Crippen molar-refractivity contribution in [2.24, 2.45) is 0 Å². The van der Waals surface area contributed by atoms with Crippen molar-refractivity contribution < 1.29 is 14.3 Å². The summed E-state index contributed by atoms with van der Waals surface area (Å²) >= 11 is 1.52. The Morgan fingerprint density at radius 3 is 2.89 bits per heavy atom. The number of nitrogens with one attached hydrogen (secondary N) is 2. The highest BCUT2D eigenvalue weighted by molar-refractivity contribution is 7.10. The summed E-state index contributed by atoms with van der Waals surface area (Å²) in [4.78, 5) is 24.2. The summed E-state index contributed by atoms with van der Waals surface area (Å²) in [6.45, 7) is 0.299. The molecule has 1 aliphatic carbocycles. The van der Waals surface area contributed by atoms with Gasteiger partial charge in [-0.3, -0.25) is 9.59 Å². The maximum absolute atomic E-state index is 11.8. The van der Waals surface area contributed by atoms with Crippen molar-refractivity contribution in [2.45, 2.75) is 31.3 Å². The zero-order valence-electron chi connectivity index (χ0n) is 10.8. The lowest BCUT2D eigenvalue weighted by molar-refractivity contribution is -0.141. The number of hydrogen-bond acceptors (Lipinski definition) is 5. The summed E-state index contributed by atoms with van der Waals surface area (Å²) in [5.74, 6) is -0.414. The molecule has 0 saturated heterocycles. The average Bonchev–Trinajstić information content (AvgIpc) is 3.07. The summed E-state index contributed by atoms with van der Waals surface area (Å²) in [7, 11) is 1.35. The van der Waals surface area contributed by atoms with Crippen LogP contribution >= 0.6 is 11.3 Å². The van der Waals surface area contributed by atoms with E-state index in [0.29, 0.717) is 12.6 Å². The van der Waals surface area contributed by atoms with E-state index in [-0.39, 0.29) is 24.3 Å². The van der Waals surface area contributed by atoms with Gasteiger partial charge >= 0.3 is 5.97 Å². The van der Waals surface area contributed by atoms with Crippen LogP contribution < -0.4 is 10.6 Å². The lowest BCUT2D eigenvalue weighted by Gasteiger charge is -2.16. The quantitative estimate of drug-likeness (QED) is 0.738. The molecular weight excluding hydrogens is 264 g/mol. The van der Waals surface area contributed by atoms with Gasteiger partial charge in [-0.1, -0.05) is 6.07 Å². The smallest absolute Gasteiger partial charge is 0.307 e. The van der Waals surface area contributed by atoms with Gasteiger partial charge in [0, 0.05) is 10.9 Å². The first-order valence-electron chi connectivity index (χ1n) is 6.32. The fraction of sp³-hybridized carbons (Fsp3) is 0.538. The molecule has 5 nitrogen and oxygen atoms in total. The van der Waals surface area contributed by atoms with E-state index in [1.165, 1.54) is 18.4 Å². The number of amides is 1. The molecule has 1 aromatic rings. The summed E-state index contributed by atoms with van der Waals surface area (Å²) in [5, 5.41) is 7.95. The average molecular weight is 282 g/mol. The van der Waals surface area contributed by atoms with E-state index in [1.54, 1.807) is 0 Å². The maximum Gasteiger partial charge on any atom is 0.307 e. The number of carbonyl (C=O) groups excluding carboxylic acids is 2. The highest BCUT2D eigenvalue weighted by Gasteiger charge is 2.23. The number of hydrogen-bond donors (Lipinski definition) is 2. The van der Waals surface area contributed by atoms with Crippen LogP contribution in [0, 0.1) is 0 Å². The van der Waals surface area contributed by atoms with Crippen LogP contribution in [0.1, 0.15) is 30.2 Å². The summed E-state index contributed by atoms with van der Waals surface area (Å²) < 4.78 is 4.67. The Labute approximate surface area is 116 Å². The second kappa shape index (κ2) is 6.68. The van der Waals surface area contributed by atoms with Gasteiger partial charge in [-0.2, -0.15) is 0 Å². The first-order valence-corrected chi connectivity index (χ1v) is 7.20. The van der Waals surface area contributed by atoms with Gasteiger partial charge in [-0.15, -0.1) is 11.3 Å². The van der Waals surface area contributed by atoms with Gasteiger partial charge in [0.2, 0.25) is 5.91 Å². The molecule has 0 aromatic carbocycles. The first kappa shape index (κ1) is 14.0. The van der Waals surface area contributed by atoms with Crippen LogP contribution in [-0.2, 0) is 14.3 Å². The molecule has 1 fully saturated rings. The van der Waals surface area contributed by atoms with Crippen molar-refractivity contribution in [1.82, 2.24) is 10.6 Å². The third-order valence-electron chi connectivity index (χ3n) is 2.95. The minimum Gasteiger partial charge on any atom is -0.469 e. The van der Waals surface area contributed by atoms with E-state index in [9.17, 15) is 9.59 Å². The van der Waals surface area contributed by atoms with Gasteiger partial charge in [0.15, 0.2) is 0 Å². The van der Waals surface area contributed by atoms with E-state index in [4.69, 9.17) is 0 Å². The topological polar surface area (TPSA) is 67.4 Å². The lowest BCUT2D eigenvalue weighted by atomic mass is 10.1. The van der Waals surface area contributed by atoms with Gasteiger partial charge in [0.1, 0.15) is 0 Å². The number of carbonyl (C=O) groups is 2. The fourth-order valence-electron chi connectivity index (χ4n) is 1.73. The number of methoxy groups -OCH3 is 1. The maximum atomic E-state index is 11.8. The molecule has 1 aliphatic rings.